The molecular formula is C2H9BF3N. The number of hydrogen-bond acceptors (Lipinski definition) is 1. The Hall–Kier alpha value is -0.185. The van der Waals surface area contributed by atoms with Crippen molar-refractivity contribution in [1.29, 1.82) is 0 Å². The fraction of sp³-hybridized carbons (Fsp3) is 1.00. The lowest BCUT2D eigenvalue weighted by atomic mass is 10.1. The quantitative estimate of drug-likeness (QED) is 0.477. The average Bonchev–Trinajstić information content (AvgIpc) is 1.37. The fourth-order valence-electron chi connectivity index (χ4n) is 0. The Bertz CT molecular complexity index is 14.9. The van der Waals surface area contributed by atoms with Gasteiger partial charge in [-0.05, 0) is 6.54 Å². The normalized spacial score (nSPS) is 4.14. The first-order valence-electron chi connectivity index (χ1n) is 1.32. The highest BCUT2D eigenvalue weighted by Gasteiger charge is 1.56. The van der Waals surface area contributed by atoms with Gasteiger partial charge in [-0.1, -0.05) is 6.32 Å². The largest absolute Gasteiger partial charge is 0.331 e. The van der Waals surface area contributed by atoms with Gasteiger partial charge >= 0.3 is 0 Å². The van der Waals surface area contributed by atoms with Gasteiger partial charge in [0, 0.05) is 0 Å². The topological polar surface area (TPSA) is 26.0 Å². The Morgan fingerprint density at radius 2 is 1.29 bits per heavy atom. The van der Waals surface area contributed by atoms with Crippen molar-refractivity contribution in [2.45, 2.75) is 6.32 Å². The molecule has 0 atom stereocenters. The van der Waals surface area contributed by atoms with Crippen molar-refractivity contribution in [3.63, 3.8) is 0 Å². The van der Waals surface area contributed by atoms with Crippen molar-refractivity contribution >= 4 is 7.85 Å². The van der Waals surface area contributed by atoms with E-state index in [9.17, 15) is 0 Å². The van der Waals surface area contributed by atoms with Crippen molar-refractivity contribution in [2.75, 3.05) is 6.54 Å². The number of rotatable bonds is 1. The van der Waals surface area contributed by atoms with Crippen LogP contribution < -0.4 is 5.73 Å². The Morgan fingerprint density at radius 1 is 1.14 bits per heavy atom. The molecule has 0 aromatic heterocycles. The van der Waals surface area contributed by atoms with Gasteiger partial charge in [-0.25, -0.2) is 0 Å². The summed E-state index contributed by atoms with van der Waals surface area (Å²) in [5, 5.41) is 0. The van der Waals surface area contributed by atoms with Gasteiger partial charge in [0.05, 0.1) is 7.85 Å². The smallest absolute Gasteiger partial charge is 0.0670 e. The molecule has 0 heterocycles. The van der Waals surface area contributed by atoms with E-state index >= 15 is 0 Å². The molecule has 0 aromatic rings. The molecular weight excluding hydrogens is 106 g/mol. The highest BCUT2D eigenvalue weighted by molar-refractivity contribution is 6.08. The number of nitrogens with two attached hydrogens (primary N) is 1. The van der Waals surface area contributed by atoms with Gasteiger partial charge in [0.1, 0.15) is 0 Å². The van der Waals surface area contributed by atoms with Gasteiger partial charge in [0.15, 0.2) is 0 Å². The highest BCUT2D eigenvalue weighted by atomic mass is 19.0. The Labute approximate surface area is 41.8 Å². The first-order valence-corrected chi connectivity index (χ1v) is 1.32. The molecule has 2 N–H and O–H groups in total. The SMILES string of the molecule is F.F.F.[B]CCN. The molecule has 0 amide bonds. The predicted molar refractivity (Wildman–Crippen MR) is 27.1 cm³/mol. The third-order valence-electron chi connectivity index (χ3n) is 0.167. The molecule has 7 heavy (non-hydrogen) atoms. The lowest BCUT2D eigenvalue weighted by molar-refractivity contribution is 1.11. The third-order valence-corrected chi connectivity index (χ3v) is 0.167. The zero-order valence-corrected chi connectivity index (χ0v) is 3.79. The summed E-state index contributed by atoms with van der Waals surface area (Å²) in [4.78, 5) is 0. The van der Waals surface area contributed by atoms with E-state index in [2.05, 4.69) is 0 Å². The number of halogens is 3. The van der Waals surface area contributed by atoms with Crippen LogP contribution in [0.25, 0.3) is 0 Å². The highest BCUT2D eigenvalue weighted by Crippen LogP contribution is 1.51. The predicted octanol–water partition coefficient (Wildman–Crippen LogP) is -0.0106. The van der Waals surface area contributed by atoms with Crippen LogP contribution in [0.4, 0.5) is 14.1 Å². The van der Waals surface area contributed by atoms with E-state index in [4.69, 9.17) is 13.6 Å². The van der Waals surface area contributed by atoms with E-state index in [1.54, 1.807) is 0 Å². The van der Waals surface area contributed by atoms with Gasteiger partial charge in [0.25, 0.3) is 0 Å². The van der Waals surface area contributed by atoms with Gasteiger partial charge in [0.2, 0.25) is 0 Å². The van der Waals surface area contributed by atoms with E-state index in [-0.39, 0.29) is 14.1 Å². The molecule has 2 radical (unpaired) electrons. The second-order valence-electron chi connectivity index (χ2n) is 0.577. The van der Waals surface area contributed by atoms with Gasteiger partial charge in [-0.15, -0.1) is 0 Å². The molecule has 0 spiro atoms. The lowest BCUT2D eigenvalue weighted by Crippen LogP contribution is -1.94. The maximum absolute atomic E-state index is 4.90. The molecule has 0 unspecified atom stereocenters. The summed E-state index contributed by atoms with van der Waals surface area (Å²) < 4.78 is 0. The Kier molecular flexibility index (Phi) is 170. The van der Waals surface area contributed by atoms with Crippen LogP contribution in [0.15, 0.2) is 0 Å². The van der Waals surface area contributed by atoms with Gasteiger partial charge in [-0.2, -0.15) is 0 Å². The van der Waals surface area contributed by atoms with Crippen LogP contribution in [0.1, 0.15) is 0 Å². The monoisotopic (exact) mass is 115 g/mol. The summed E-state index contributed by atoms with van der Waals surface area (Å²) in [6, 6.07) is 0. The zero-order valence-electron chi connectivity index (χ0n) is 3.79. The van der Waals surface area contributed by atoms with E-state index in [1.807, 2.05) is 0 Å². The second-order valence-corrected chi connectivity index (χ2v) is 0.577. The van der Waals surface area contributed by atoms with Crippen molar-refractivity contribution < 1.29 is 14.1 Å². The summed E-state index contributed by atoms with van der Waals surface area (Å²) in [6.07, 6.45) is 0.597. The standard InChI is InChI=1S/C2H6BN.3FH/c3-1-2-4;;;/h1-2,4H2;3*1H. The molecule has 0 saturated carbocycles. The minimum Gasteiger partial charge on any atom is -0.331 e. The van der Waals surface area contributed by atoms with Crippen molar-refractivity contribution in [3.8, 4) is 0 Å². The number of hydrogen-bond donors (Lipinski definition) is 1. The van der Waals surface area contributed by atoms with Crippen LogP contribution >= 0.6 is 0 Å². The first-order chi connectivity index (χ1) is 1.91. The molecule has 1 nitrogen and oxygen atoms in total. The molecule has 0 aliphatic rings. The molecule has 0 aliphatic carbocycles. The third kappa shape index (κ3) is 127. The van der Waals surface area contributed by atoms with Crippen LogP contribution in [0, 0.1) is 0 Å². The van der Waals surface area contributed by atoms with E-state index in [0.717, 1.165) is 0 Å². The Morgan fingerprint density at radius 3 is 1.29 bits per heavy atom. The van der Waals surface area contributed by atoms with Crippen LogP contribution in [-0.4, -0.2) is 14.4 Å². The minimum atomic E-state index is 0. The molecule has 46 valence electrons. The molecule has 0 saturated heterocycles. The summed E-state index contributed by atoms with van der Waals surface area (Å²) in [5.41, 5.74) is 4.90. The Balaban J connectivity index is -0.0000000150. The molecule has 0 fully saturated rings. The van der Waals surface area contributed by atoms with Crippen molar-refractivity contribution in [3.05, 3.63) is 0 Å². The fourth-order valence-corrected chi connectivity index (χ4v) is 0. The van der Waals surface area contributed by atoms with Crippen molar-refractivity contribution in [1.82, 2.24) is 0 Å². The maximum Gasteiger partial charge on any atom is 0.0670 e. The van der Waals surface area contributed by atoms with Crippen molar-refractivity contribution in [2.24, 2.45) is 5.73 Å². The summed E-state index contributed by atoms with van der Waals surface area (Å²) in [6.45, 7) is 0.597. The van der Waals surface area contributed by atoms with Crippen LogP contribution in [0.5, 0.6) is 0 Å². The molecule has 0 rings (SSSR count). The molecule has 0 bridgehead atoms. The summed E-state index contributed by atoms with van der Waals surface area (Å²) in [5.74, 6) is 0. The molecule has 0 aromatic carbocycles. The zero-order chi connectivity index (χ0) is 3.41. The minimum absolute atomic E-state index is 0. The van der Waals surface area contributed by atoms with E-state index in [1.165, 1.54) is 0 Å². The lowest BCUT2D eigenvalue weighted by Gasteiger charge is -1.70. The molecule has 5 heteroatoms. The average molecular weight is 115 g/mol. The van der Waals surface area contributed by atoms with Gasteiger partial charge < -0.3 is 5.73 Å². The summed E-state index contributed by atoms with van der Waals surface area (Å²) >= 11 is 0. The second kappa shape index (κ2) is 40.9. The van der Waals surface area contributed by atoms with Crippen LogP contribution in [0.3, 0.4) is 0 Å². The summed E-state index contributed by atoms with van der Waals surface area (Å²) in [7, 11) is 4.90. The first kappa shape index (κ1) is 29.1. The van der Waals surface area contributed by atoms with E-state index in [0.29, 0.717) is 12.9 Å². The van der Waals surface area contributed by atoms with E-state index < -0.39 is 0 Å². The van der Waals surface area contributed by atoms with Crippen LogP contribution in [-0.2, 0) is 0 Å². The van der Waals surface area contributed by atoms with Gasteiger partial charge in [-0.3, -0.25) is 14.1 Å². The van der Waals surface area contributed by atoms with Crippen LogP contribution in [0.2, 0.25) is 6.32 Å². The maximum atomic E-state index is 4.90. The molecule has 0 aliphatic heterocycles.